The molecule has 2 aromatic rings. The van der Waals surface area contributed by atoms with E-state index < -0.39 is 41.1 Å². The van der Waals surface area contributed by atoms with Gasteiger partial charge in [-0.1, -0.05) is 6.07 Å². The minimum atomic E-state index is -1.69. The van der Waals surface area contributed by atoms with Gasteiger partial charge in [0.1, 0.15) is 0 Å². The van der Waals surface area contributed by atoms with Crippen molar-refractivity contribution in [3.8, 4) is 0 Å². The van der Waals surface area contributed by atoms with Gasteiger partial charge in [-0.2, -0.15) is 0 Å². The van der Waals surface area contributed by atoms with Crippen LogP contribution in [-0.4, -0.2) is 23.7 Å². The summed E-state index contributed by atoms with van der Waals surface area (Å²) in [6.07, 6.45) is -1.23. The molecule has 0 aromatic heterocycles. The van der Waals surface area contributed by atoms with Crippen molar-refractivity contribution >= 4 is 29.3 Å². The number of thioether (sulfide) groups is 1. The summed E-state index contributed by atoms with van der Waals surface area (Å²) in [6.45, 7) is 5.24. The number of esters is 1. The van der Waals surface area contributed by atoms with Gasteiger partial charge in [-0.05, 0) is 56.2 Å². The third kappa shape index (κ3) is 5.50. The highest BCUT2D eigenvalue weighted by atomic mass is 32.2. The molecular weight excluding hydrogens is 379 g/mol. The number of hydrogen-bond acceptors (Lipinski definition) is 4. The molecule has 1 atom stereocenters. The van der Waals surface area contributed by atoms with Gasteiger partial charge in [0, 0.05) is 4.90 Å². The highest BCUT2D eigenvalue weighted by Crippen LogP contribution is 2.22. The fraction of sp³-hybridized carbons (Fsp3) is 0.263. The topological polar surface area (TPSA) is 55.4 Å². The number of nitrogens with one attached hydrogen (secondary N) is 1. The Bertz CT molecular complexity index is 874. The van der Waals surface area contributed by atoms with E-state index in [0.29, 0.717) is 6.07 Å². The second-order valence-electron chi connectivity index (χ2n) is 5.88. The molecule has 0 radical (unpaired) electrons. The standard InChI is InChI=1S/C19H18F3NO3S/c1-10-4-5-13(8-11(10)2)27-9-16(24)26-12(3)19(25)23-15-7-6-14(20)17(21)18(15)22/h4-8,12H,9H2,1-3H3,(H,23,25)/t12-/m1/s1. The summed E-state index contributed by atoms with van der Waals surface area (Å²) in [6, 6.07) is 7.33. The highest BCUT2D eigenvalue weighted by molar-refractivity contribution is 8.00. The second-order valence-corrected chi connectivity index (χ2v) is 6.93. The Morgan fingerprint density at radius 1 is 1.07 bits per heavy atom. The molecule has 0 aliphatic carbocycles. The Hall–Kier alpha value is -2.48. The first-order valence-corrected chi connectivity index (χ1v) is 9.01. The van der Waals surface area contributed by atoms with Gasteiger partial charge < -0.3 is 10.1 Å². The van der Waals surface area contributed by atoms with E-state index in [2.05, 4.69) is 5.32 Å². The van der Waals surface area contributed by atoms with Crippen molar-refractivity contribution < 1.29 is 27.5 Å². The molecule has 27 heavy (non-hydrogen) atoms. The lowest BCUT2D eigenvalue weighted by molar-refractivity contribution is -0.150. The zero-order valence-corrected chi connectivity index (χ0v) is 15.8. The SMILES string of the molecule is Cc1ccc(SCC(=O)O[C@H](C)C(=O)Nc2ccc(F)c(F)c2F)cc1C. The number of amides is 1. The average molecular weight is 397 g/mol. The minimum absolute atomic E-state index is 0.0142. The maximum absolute atomic E-state index is 13.6. The maximum Gasteiger partial charge on any atom is 0.317 e. The van der Waals surface area contributed by atoms with Gasteiger partial charge in [-0.15, -0.1) is 11.8 Å². The summed E-state index contributed by atoms with van der Waals surface area (Å²) in [7, 11) is 0. The minimum Gasteiger partial charge on any atom is -0.452 e. The van der Waals surface area contributed by atoms with E-state index in [-0.39, 0.29) is 5.75 Å². The van der Waals surface area contributed by atoms with Crippen LogP contribution in [0.4, 0.5) is 18.9 Å². The molecule has 0 bridgehead atoms. The van der Waals surface area contributed by atoms with Gasteiger partial charge in [0.2, 0.25) is 0 Å². The third-order valence-corrected chi connectivity index (χ3v) is 4.77. The lowest BCUT2D eigenvalue weighted by Gasteiger charge is -2.14. The van der Waals surface area contributed by atoms with Crippen molar-refractivity contribution in [3.05, 3.63) is 58.9 Å². The summed E-state index contributed by atoms with van der Waals surface area (Å²) in [5.41, 5.74) is 1.69. The van der Waals surface area contributed by atoms with Crippen LogP contribution in [0.3, 0.4) is 0 Å². The van der Waals surface area contributed by atoms with Gasteiger partial charge in [-0.3, -0.25) is 9.59 Å². The number of carbonyl (C=O) groups excluding carboxylic acids is 2. The molecule has 4 nitrogen and oxygen atoms in total. The molecule has 0 spiro atoms. The molecule has 0 unspecified atom stereocenters. The lowest BCUT2D eigenvalue weighted by Crippen LogP contribution is -2.31. The molecule has 2 rings (SSSR count). The molecule has 0 saturated carbocycles. The van der Waals surface area contributed by atoms with Crippen LogP contribution in [0.5, 0.6) is 0 Å². The Morgan fingerprint density at radius 3 is 2.44 bits per heavy atom. The van der Waals surface area contributed by atoms with Crippen molar-refractivity contribution in [3.63, 3.8) is 0 Å². The number of aryl methyl sites for hydroxylation is 2. The number of hydrogen-bond donors (Lipinski definition) is 1. The van der Waals surface area contributed by atoms with Crippen molar-refractivity contribution in [2.45, 2.75) is 31.8 Å². The average Bonchev–Trinajstić information content (AvgIpc) is 2.63. The maximum atomic E-state index is 13.6. The van der Waals surface area contributed by atoms with Crippen LogP contribution in [0.1, 0.15) is 18.1 Å². The van der Waals surface area contributed by atoms with Crippen molar-refractivity contribution in [1.82, 2.24) is 0 Å². The number of anilines is 1. The molecular formula is C19H18F3NO3S. The quantitative estimate of drug-likeness (QED) is 0.446. The van der Waals surface area contributed by atoms with E-state index in [1.807, 2.05) is 32.0 Å². The van der Waals surface area contributed by atoms with E-state index in [0.717, 1.165) is 22.1 Å². The van der Waals surface area contributed by atoms with Gasteiger partial charge >= 0.3 is 5.97 Å². The summed E-state index contributed by atoms with van der Waals surface area (Å²) in [5.74, 6) is -6.08. The second kappa shape index (κ2) is 8.94. The van der Waals surface area contributed by atoms with Crippen molar-refractivity contribution in [2.75, 3.05) is 11.1 Å². The molecule has 0 aliphatic heterocycles. The molecule has 1 N–H and O–H groups in total. The Balaban J connectivity index is 1.89. The van der Waals surface area contributed by atoms with Crippen LogP contribution >= 0.6 is 11.8 Å². The monoisotopic (exact) mass is 397 g/mol. The number of benzene rings is 2. The summed E-state index contributed by atoms with van der Waals surface area (Å²) < 4.78 is 44.6. The Labute approximate surface area is 159 Å². The van der Waals surface area contributed by atoms with Crippen LogP contribution < -0.4 is 5.32 Å². The van der Waals surface area contributed by atoms with E-state index in [1.54, 1.807) is 0 Å². The van der Waals surface area contributed by atoms with E-state index in [1.165, 1.54) is 18.7 Å². The van der Waals surface area contributed by atoms with Crippen LogP contribution in [0.2, 0.25) is 0 Å². The number of ether oxygens (including phenoxy) is 1. The Morgan fingerprint density at radius 2 is 1.78 bits per heavy atom. The zero-order chi connectivity index (χ0) is 20.1. The van der Waals surface area contributed by atoms with Crippen LogP contribution in [0.25, 0.3) is 0 Å². The first-order chi connectivity index (χ1) is 12.7. The fourth-order valence-corrected chi connectivity index (χ4v) is 2.86. The molecule has 0 fully saturated rings. The predicted molar refractivity (Wildman–Crippen MR) is 97.1 cm³/mol. The van der Waals surface area contributed by atoms with Gasteiger partial charge in [0.25, 0.3) is 5.91 Å². The normalized spacial score (nSPS) is 11.8. The fourth-order valence-electron chi connectivity index (χ4n) is 2.09. The molecule has 8 heteroatoms. The van der Waals surface area contributed by atoms with Gasteiger partial charge in [0.15, 0.2) is 23.6 Å². The molecule has 0 heterocycles. The first-order valence-electron chi connectivity index (χ1n) is 8.03. The zero-order valence-electron chi connectivity index (χ0n) is 14.9. The third-order valence-electron chi connectivity index (χ3n) is 3.81. The molecule has 144 valence electrons. The first kappa shape index (κ1) is 20.8. The number of rotatable bonds is 6. The van der Waals surface area contributed by atoms with E-state index in [4.69, 9.17) is 4.74 Å². The highest BCUT2D eigenvalue weighted by Gasteiger charge is 2.21. The Kier molecular flexibility index (Phi) is 6.90. The van der Waals surface area contributed by atoms with Crippen LogP contribution in [0.15, 0.2) is 35.2 Å². The molecule has 0 saturated heterocycles. The smallest absolute Gasteiger partial charge is 0.317 e. The van der Waals surface area contributed by atoms with Crippen molar-refractivity contribution in [1.29, 1.82) is 0 Å². The van der Waals surface area contributed by atoms with Crippen LogP contribution in [-0.2, 0) is 14.3 Å². The number of carbonyl (C=O) groups is 2. The summed E-state index contributed by atoms with van der Waals surface area (Å²) >= 11 is 1.26. The van der Waals surface area contributed by atoms with E-state index >= 15 is 0 Å². The largest absolute Gasteiger partial charge is 0.452 e. The lowest BCUT2D eigenvalue weighted by atomic mass is 10.1. The summed E-state index contributed by atoms with van der Waals surface area (Å²) in [5, 5.41) is 2.07. The van der Waals surface area contributed by atoms with Gasteiger partial charge in [-0.25, -0.2) is 13.2 Å². The van der Waals surface area contributed by atoms with Crippen LogP contribution in [0, 0.1) is 31.3 Å². The predicted octanol–water partition coefficient (Wildman–Crippen LogP) is 4.38. The van der Waals surface area contributed by atoms with Crippen molar-refractivity contribution in [2.24, 2.45) is 0 Å². The molecule has 1 amide bonds. The molecule has 0 aliphatic rings. The molecule has 2 aromatic carbocycles. The number of halogens is 3. The summed E-state index contributed by atoms with van der Waals surface area (Å²) in [4.78, 5) is 24.8. The van der Waals surface area contributed by atoms with E-state index in [9.17, 15) is 22.8 Å². The van der Waals surface area contributed by atoms with Gasteiger partial charge in [0.05, 0.1) is 11.4 Å².